The van der Waals surface area contributed by atoms with Gasteiger partial charge in [0.2, 0.25) is 15.9 Å². The van der Waals surface area contributed by atoms with Crippen LogP contribution in [-0.2, 0) is 14.8 Å². The molecule has 1 aromatic heterocycles. The molecule has 0 saturated carbocycles. The molecule has 2 aromatic rings. The maximum absolute atomic E-state index is 12.5. The van der Waals surface area contributed by atoms with Gasteiger partial charge < -0.3 is 5.73 Å². The molecule has 1 atom stereocenters. The molecule has 0 spiro atoms. The minimum Gasteiger partial charge on any atom is -0.368 e. The van der Waals surface area contributed by atoms with Crippen molar-refractivity contribution >= 4 is 27.7 Å². The number of carbonyl (C=O) groups excluding carboxylic acids is 1. The molecule has 1 fully saturated rings. The van der Waals surface area contributed by atoms with E-state index in [1.165, 1.54) is 28.3 Å². The average Bonchev–Trinajstić information content (AvgIpc) is 3.16. The highest BCUT2D eigenvalue weighted by Gasteiger charge is 2.27. The smallest absolute Gasteiger partial charge is 0.244 e. The van der Waals surface area contributed by atoms with Crippen molar-refractivity contribution in [3.05, 3.63) is 54.2 Å². The van der Waals surface area contributed by atoms with Gasteiger partial charge in [-0.1, -0.05) is 42.1 Å². The Morgan fingerprint density at radius 2 is 1.80 bits per heavy atom. The fraction of sp³-hybridized carbons (Fsp3) is 0.294. The molecule has 0 aliphatic carbocycles. The van der Waals surface area contributed by atoms with E-state index in [4.69, 9.17) is 5.73 Å². The van der Waals surface area contributed by atoms with Gasteiger partial charge in [0.05, 0.1) is 5.03 Å². The Morgan fingerprint density at radius 3 is 2.36 bits per heavy atom. The molecule has 2 N–H and O–H groups in total. The molecule has 1 amide bonds. The zero-order chi connectivity index (χ0) is 17.9. The molecule has 0 radical (unpaired) electrons. The molecule has 1 aromatic carbocycles. The van der Waals surface area contributed by atoms with Gasteiger partial charge >= 0.3 is 0 Å². The first kappa shape index (κ1) is 17.9. The number of benzene rings is 1. The van der Waals surface area contributed by atoms with Crippen LogP contribution in [0.5, 0.6) is 0 Å². The number of primary amides is 1. The molecular formula is C17H19N3O3S2. The fourth-order valence-corrected chi connectivity index (χ4v) is 5.08. The lowest BCUT2D eigenvalue weighted by Gasteiger charge is -2.16. The highest BCUT2D eigenvalue weighted by molar-refractivity contribution is 8.00. The van der Waals surface area contributed by atoms with Crippen molar-refractivity contribution in [1.82, 2.24) is 9.29 Å². The highest BCUT2D eigenvalue weighted by atomic mass is 32.2. The van der Waals surface area contributed by atoms with E-state index in [2.05, 4.69) is 4.98 Å². The second kappa shape index (κ2) is 7.55. The standard InChI is InChI=1S/C17H19N3O3S2/c18-17(21)16(13-6-2-1-3-7-13)24-15-9-8-14(12-19-15)25(22,23)20-10-4-5-11-20/h1-3,6-9,12,16H,4-5,10-11H2,(H2,18,21)/t16-/m0/s1. The van der Waals surface area contributed by atoms with Gasteiger partial charge in [0.1, 0.15) is 10.1 Å². The molecule has 1 aliphatic heterocycles. The maximum atomic E-state index is 12.5. The first-order valence-corrected chi connectivity index (χ1v) is 10.3. The minimum absolute atomic E-state index is 0.175. The third kappa shape index (κ3) is 4.02. The summed E-state index contributed by atoms with van der Waals surface area (Å²) in [5, 5.41) is -0.0252. The third-order valence-corrected chi connectivity index (χ3v) is 7.12. The van der Waals surface area contributed by atoms with Gasteiger partial charge in [-0.3, -0.25) is 4.79 Å². The van der Waals surface area contributed by atoms with Crippen LogP contribution < -0.4 is 5.73 Å². The van der Waals surface area contributed by atoms with E-state index in [-0.39, 0.29) is 4.90 Å². The quantitative estimate of drug-likeness (QED) is 0.779. The van der Waals surface area contributed by atoms with Crippen LogP contribution in [0.15, 0.2) is 58.6 Å². The van der Waals surface area contributed by atoms with E-state index >= 15 is 0 Å². The summed E-state index contributed by atoms with van der Waals surface area (Å²) >= 11 is 1.21. The summed E-state index contributed by atoms with van der Waals surface area (Å²) in [4.78, 5) is 16.2. The summed E-state index contributed by atoms with van der Waals surface area (Å²) in [6.07, 6.45) is 3.12. The summed E-state index contributed by atoms with van der Waals surface area (Å²) in [5.41, 5.74) is 6.30. The Hall–Kier alpha value is -1.90. The van der Waals surface area contributed by atoms with E-state index in [0.29, 0.717) is 18.1 Å². The lowest BCUT2D eigenvalue weighted by Crippen LogP contribution is -2.27. The number of thioether (sulfide) groups is 1. The van der Waals surface area contributed by atoms with Crippen molar-refractivity contribution in [2.24, 2.45) is 5.73 Å². The molecule has 132 valence electrons. The Morgan fingerprint density at radius 1 is 1.12 bits per heavy atom. The fourth-order valence-electron chi connectivity index (χ4n) is 2.71. The monoisotopic (exact) mass is 377 g/mol. The van der Waals surface area contributed by atoms with Crippen LogP contribution in [0.25, 0.3) is 0 Å². The topological polar surface area (TPSA) is 93.4 Å². The number of pyridine rings is 1. The molecule has 1 aliphatic rings. The summed E-state index contributed by atoms with van der Waals surface area (Å²) in [7, 11) is -3.48. The van der Waals surface area contributed by atoms with E-state index in [1.807, 2.05) is 30.3 Å². The largest absolute Gasteiger partial charge is 0.368 e. The molecule has 0 unspecified atom stereocenters. The van der Waals surface area contributed by atoms with Crippen LogP contribution in [-0.4, -0.2) is 36.7 Å². The van der Waals surface area contributed by atoms with Crippen molar-refractivity contribution in [3.8, 4) is 0 Å². The van der Waals surface area contributed by atoms with Crippen molar-refractivity contribution in [3.63, 3.8) is 0 Å². The van der Waals surface area contributed by atoms with Crippen molar-refractivity contribution < 1.29 is 13.2 Å². The van der Waals surface area contributed by atoms with Gasteiger partial charge in [0.25, 0.3) is 0 Å². The third-order valence-electron chi connectivity index (χ3n) is 4.01. The Labute approximate surface area is 151 Å². The molecule has 0 bridgehead atoms. The highest BCUT2D eigenvalue weighted by Crippen LogP contribution is 2.34. The second-order valence-electron chi connectivity index (χ2n) is 5.75. The van der Waals surface area contributed by atoms with E-state index in [9.17, 15) is 13.2 Å². The van der Waals surface area contributed by atoms with Crippen molar-refractivity contribution in [2.45, 2.75) is 28.0 Å². The summed E-state index contributed by atoms with van der Waals surface area (Å²) in [5.74, 6) is -0.466. The van der Waals surface area contributed by atoms with Gasteiger partial charge in [-0.05, 0) is 30.5 Å². The number of sulfonamides is 1. The molecule has 8 heteroatoms. The molecule has 1 saturated heterocycles. The number of carbonyl (C=O) groups is 1. The lowest BCUT2D eigenvalue weighted by atomic mass is 10.1. The zero-order valence-corrected chi connectivity index (χ0v) is 15.2. The number of rotatable bonds is 6. The van der Waals surface area contributed by atoms with Crippen LogP contribution in [0, 0.1) is 0 Å². The molecule has 25 heavy (non-hydrogen) atoms. The van der Waals surface area contributed by atoms with E-state index in [0.717, 1.165) is 18.4 Å². The zero-order valence-electron chi connectivity index (χ0n) is 13.5. The number of amides is 1. The number of nitrogens with zero attached hydrogens (tertiary/aromatic N) is 2. The Bertz CT molecular complexity index is 833. The average molecular weight is 377 g/mol. The van der Waals surface area contributed by atoms with Gasteiger partial charge in [-0.25, -0.2) is 13.4 Å². The number of nitrogens with two attached hydrogens (primary N) is 1. The number of hydrogen-bond acceptors (Lipinski definition) is 5. The minimum atomic E-state index is -3.48. The number of hydrogen-bond donors (Lipinski definition) is 1. The summed E-state index contributed by atoms with van der Waals surface area (Å²) in [6.45, 7) is 1.10. The predicted molar refractivity (Wildman–Crippen MR) is 96.5 cm³/mol. The SMILES string of the molecule is NC(=O)[C@@H](Sc1ccc(S(=O)(=O)N2CCCC2)cn1)c1ccccc1. The normalized spacial score (nSPS) is 16.6. The number of aromatic nitrogens is 1. The Balaban J connectivity index is 1.79. The van der Waals surface area contributed by atoms with Crippen LogP contribution in [0.1, 0.15) is 23.7 Å². The van der Waals surface area contributed by atoms with E-state index < -0.39 is 21.2 Å². The second-order valence-corrected chi connectivity index (χ2v) is 8.82. The first-order chi connectivity index (χ1) is 12.0. The summed E-state index contributed by atoms with van der Waals surface area (Å²) in [6, 6.07) is 12.3. The van der Waals surface area contributed by atoms with Gasteiger partial charge in [-0.15, -0.1) is 0 Å². The molecular weight excluding hydrogens is 358 g/mol. The summed E-state index contributed by atoms with van der Waals surface area (Å²) < 4.78 is 26.5. The Kier molecular flexibility index (Phi) is 5.41. The van der Waals surface area contributed by atoms with Gasteiger partial charge in [0, 0.05) is 19.3 Å². The molecule has 2 heterocycles. The van der Waals surface area contributed by atoms with Crippen LogP contribution in [0.4, 0.5) is 0 Å². The first-order valence-electron chi connectivity index (χ1n) is 7.95. The predicted octanol–water partition coefficient (Wildman–Crippen LogP) is 2.18. The van der Waals surface area contributed by atoms with Gasteiger partial charge in [-0.2, -0.15) is 4.31 Å². The van der Waals surface area contributed by atoms with Crippen LogP contribution in [0.3, 0.4) is 0 Å². The van der Waals surface area contributed by atoms with Crippen molar-refractivity contribution in [1.29, 1.82) is 0 Å². The molecule has 6 nitrogen and oxygen atoms in total. The lowest BCUT2D eigenvalue weighted by molar-refractivity contribution is -0.117. The van der Waals surface area contributed by atoms with E-state index in [1.54, 1.807) is 6.07 Å². The maximum Gasteiger partial charge on any atom is 0.244 e. The van der Waals surface area contributed by atoms with Gasteiger partial charge in [0.15, 0.2) is 0 Å². The molecule has 3 rings (SSSR count). The van der Waals surface area contributed by atoms with Crippen molar-refractivity contribution in [2.75, 3.05) is 13.1 Å². The van der Waals surface area contributed by atoms with Crippen LogP contribution >= 0.6 is 11.8 Å². The van der Waals surface area contributed by atoms with Crippen LogP contribution in [0.2, 0.25) is 0 Å².